The van der Waals surface area contributed by atoms with Crippen LogP contribution in [0.15, 0.2) is 29.3 Å². The number of aliphatic imine (C=N–C) groups is 1. The summed E-state index contributed by atoms with van der Waals surface area (Å²) in [6.45, 7) is 0. The third-order valence-corrected chi connectivity index (χ3v) is 3.10. The van der Waals surface area contributed by atoms with Crippen molar-refractivity contribution in [2.45, 2.75) is 12.5 Å². The highest BCUT2D eigenvalue weighted by Gasteiger charge is 2.25. The molecule has 1 aromatic carbocycles. The monoisotopic (exact) mass is 228 g/mol. The fraction of sp³-hybridized carbons (Fsp3) is 0.231. The van der Waals surface area contributed by atoms with Gasteiger partial charge in [-0.05, 0) is 11.6 Å². The van der Waals surface area contributed by atoms with Crippen LogP contribution in [-0.2, 0) is 16.0 Å². The van der Waals surface area contributed by atoms with Crippen molar-refractivity contribution in [1.29, 1.82) is 0 Å². The van der Waals surface area contributed by atoms with E-state index < -0.39 is 6.04 Å². The van der Waals surface area contributed by atoms with E-state index in [-0.39, 0.29) is 5.97 Å². The number of esters is 1. The van der Waals surface area contributed by atoms with E-state index in [4.69, 9.17) is 4.74 Å². The molecule has 0 radical (unpaired) electrons. The van der Waals surface area contributed by atoms with Crippen molar-refractivity contribution in [3.05, 3.63) is 35.5 Å². The zero-order chi connectivity index (χ0) is 11.8. The maximum Gasteiger partial charge on any atom is 0.330 e. The van der Waals surface area contributed by atoms with Gasteiger partial charge in [0.15, 0.2) is 6.04 Å². The molecule has 0 spiro atoms. The largest absolute Gasteiger partial charge is 0.467 e. The van der Waals surface area contributed by atoms with Crippen LogP contribution in [0.5, 0.6) is 0 Å². The number of H-pyrrole nitrogens is 1. The second-order valence-electron chi connectivity index (χ2n) is 4.08. The number of hydrogen-bond acceptors (Lipinski definition) is 3. The third-order valence-electron chi connectivity index (χ3n) is 3.10. The first-order chi connectivity index (χ1) is 8.29. The maximum atomic E-state index is 11.5. The Hall–Kier alpha value is -2.10. The molecule has 3 rings (SSSR count). The number of hydrogen-bond donors (Lipinski definition) is 1. The second-order valence-corrected chi connectivity index (χ2v) is 4.08. The van der Waals surface area contributed by atoms with Gasteiger partial charge >= 0.3 is 5.97 Å². The molecule has 86 valence electrons. The number of nitrogens with one attached hydrogen (secondary N) is 1. The summed E-state index contributed by atoms with van der Waals surface area (Å²) < 4.78 is 4.73. The summed E-state index contributed by atoms with van der Waals surface area (Å²) in [5.74, 6) is -0.280. The molecule has 1 aliphatic heterocycles. The molecule has 1 N–H and O–H groups in total. The number of carbonyl (C=O) groups is 1. The summed E-state index contributed by atoms with van der Waals surface area (Å²) in [6, 6.07) is 7.65. The first kappa shape index (κ1) is 10.1. The summed E-state index contributed by atoms with van der Waals surface area (Å²) in [4.78, 5) is 19.0. The van der Waals surface area contributed by atoms with Crippen LogP contribution >= 0.6 is 0 Å². The SMILES string of the molecule is COC(=O)[C@H]1Cc2c([nH]c3ccccc23)C=N1. The first-order valence-corrected chi connectivity index (χ1v) is 5.50. The molecule has 4 nitrogen and oxygen atoms in total. The van der Waals surface area contributed by atoms with E-state index in [1.165, 1.54) is 7.11 Å². The minimum Gasteiger partial charge on any atom is -0.467 e. The van der Waals surface area contributed by atoms with Crippen LogP contribution in [-0.4, -0.2) is 30.3 Å². The summed E-state index contributed by atoms with van der Waals surface area (Å²) >= 11 is 0. The number of rotatable bonds is 1. The fourth-order valence-electron chi connectivity index (χ4n) is 2.24. The van der Waals surface area contributed by atoms with Crippen LogP contribution in [0.4, 0.5) is 0 Å². The molecular weight excluding hydrogens is 216 g/mol. The number of para-hydroxylation sites is 1. The van der Waals surface area contributed by atoms with Gasteiger partial charge in [-0.3, -0.25) is 4.99 Å². The quantitative estimate of drug-likeness (QED) is 0.755. The van der Waals surface area contributed by atoms with Gasteiger partial charge < -0.3 is 9.72 Å². The van der Waals surface area contributed by atoms with Crippen LogP contribution < -0.4 is 0 Å². The van der Waals surface area contributed by atoms with E-state index in [0.717, 1.165) is 22.2 Å². The third kappa shape index (κ3) is 1.53. The Balaban J connectivity index is 2.08. The molecule has 1 aromatic heterocycles. The summed E-state index contributed by atoms with van der Waals surface area (Å²) in [5, 5.41) is 1.16. The highest BCUT2D eigenvalue weighted by Crippen LogP contribution is 2.26. The number of benzene rings is 1. The molecule has 0 fully saturated rings. The van der Waals surface area contributed by atoms with Gasteiger partial charge in [-0.15, -0.1) is 0 Å². The van der Waals surface area contributed by atoms with Crippen LogP contribution in [0.1, 0.15) is 11.3 Å². The minimum atomic E-state index is -0.410. The zero-order valence-corrected chi connectivity index (χ0v) is 9.43. The van der Waals surface area contributed by atoms with Gasteiger partial charge in [-0.1, -0.05) is 18.2 Å². The van der Waals surface area contributed by atoms with E-state index in [2.05, 4.69) is 16.0 Å². The number of aromatic nitrogens is 1. The molecule has 0 unspecified atom stereocenters. The number of nitrogens with zero attached hydrogens (tertiary/aromatic N) is 1. The van der Waals surface area contributed by atoms with Gasteiger partial charge in [-0.2, -0.15) is 0 Å². The topological polar surface area (TPSA) is 54.5 Å². The van der Waals surface area contributed by atoms with E-state index >= 15 is 0 Å². The lowest BCUT2D eigenvalue weighted by Gasteiger charge is -2.14. The average Bonchev–Trinajstić information content (AvgIpc) is 2.75. The Labute approximate surface area is 98.3 Å². The molecule has 17 heavy (non-hydrogen) atoms. The fourth-order valence-corrected chi connectivity index (χ4v) is 2.24. The van der Waals surface area contributed by atoms with Gasteiger partial charge in [0.1, 0.15) is 0 Å². The molecule has 0 bridgehead atoms. The number of carbonyl (C=O) groups excluding carboxylic acids is 1. The summed E-state index contributed by atoms with van der Waals surface area (Å²) in [6.07, 6.45) is 2.32. The van der Waals surface area contributed by atoms with Crippen molar-refractivity contribution in [3.63, 3.8) is 0 Å². The predicted molar refractivity (Wildman–Crippen MR) is 65.4 cm³/mol. The van der Waals surface area contributed by atoms with Crippen LogP contribution in [0, 0.1) is 0 Å². The molecule has 4 heteroatoms. The summed E-state index contributed by atoms with van der Waals surface area (Å²) in [5.41, 5.74) is 3.21. The van der Waals surface area contributed by atoms with E-state index in [0.29, 0.717) is 6.42 Å². The van der Waals surface area contributed by atoms with Gasteiger partial charge in [-0.25, -0.2) is 4.79 Å². The van der Waals surface area contributed by atoms with Gasteiger partial charge in [0.25, 0.3) is 0 Å². The number of ether oxygens (including phenoxy) is 1. The Morgan fingerprint density at radius 2 is 2.29 bits per heavy atom. The molecule has 0 saturated carbocycles. The van der Waals surface area contributed by atoms with Gasteiger partial charge in [0, 0.05) is 23.5 Å². The molecule has 1 aliphatic rings. The van der Waals surface area contributed by atoms with Crippen molar-refractivity contribution < 1.29 is 9.53 Å². The molecule has 2 aromatic rings. The minimum absolute atomic E-state index is 0.280. The van der Waals surface area contributed by atoms with E-state index in [9.17, 15) is 4.79 Å². The van der Waals surface area contributed by atoms with Crippen LogP contribution in [0.25, 0.3) is 10.9 Å². The van der Waals surface area contributed by atoms with E-state index in [1.54, 1.807) is 6.21 Å². The lowest BCUT2D eigenvalue weighted by molar-refractivity contribution is -0.142. The lowest BCUT2D eigenvalue weighted by Crippen LogP contribution is -2.25. The lowest BCUT2D eigenvalue weighted by atomic mass is 10.0. The zero-order valence-electron chi connectivity index (χ0n) is 9.43. The Morgan fingerprint density at radius 3 is 3.12 bits per heavy atom. The van der Waals surface area contributed by atoms with E-state index in [1.807, 2.05) is 18.2 Å². The average molecular weight is 228 g/mol. The van der Waals surface area contributed by atoms with Crippen molar-refractivity contribution in [2.75, 3.05) is 7.11 Å². The Kier molecular flexibility index (Phi) is 2.21. The highest BCUT2D eigenvalue weighted by atomic mass is 16.5. The number of aromatic amines is 1. The van der Waals surface area contributed by atoms with Crippen molar-refractivity contribution in [1.82, 2.24) is 4.98 Å². The molecular formula is C13H12N2O2. The molecule has 0 saturated heterocycles. The highest BCUT2D eigenvalue weighted by molar-refractivity contribution is 5.96. The first-order valence-electron chi connectivity index (χ1n) is 5.50. The molecule has 0 amide bonds. The van der Waals surface area contributed by atoms with Crippen molar-refractivity contribution >= 4 is 23.1 Å². The van der Waals surface area contributed by atoms with Crippen LogP contribution in [0.3, 0.4) is 0 Å². The smallest absolute Gasteiger partial charge is 0.330 e. The Morgan fingerprint density at radius 1 is 1.47 bits per heavy atom. The molecule has 1 atom stereocenters. The Bertz CT molecular complexity index is 613. The molecule has 0 aliphatic carbocycles. The predicted octanol–water partition coefficient (Wildman–Crippen LogP) is 1.68. The summed E-state index contributed by atoms with van der Waals surface area (Å²) in [7, 11) is 1.39. The maximum absolute atomic E-state index is 11.5. The van der Waals surface area contributed by atoms with Gasteiger partial charge in [0.2, 0.25) is 0 Å². The normalized spacial score (nSPS) is 18.1. The second kappa shape index (κ2) is 3.73. The van der Waals surface area contributed by atoms with Crippen LogP contribution in [0.2, 0.25) is 0 Å². The van der Waals surface area contributed by atoms with Crippen molar-refractivity contribution in [3.8, 4) is 0 Å². The number of methoxy groups -OCH3 is 1. The molecule has 2 heterocycles. The standard InChI is InChI=1S/C13H12N2O2/c1-17-13(16)11-6-9-8-4-2-3-5-10(8)15-12(9)7-14-11/h2-5,7,11,15H,6H2,1H3/t11-/m1/s1. The van der Waals surface area contributed by atoms with Crippen molar-refractivity contribution in [2.24, 2.45) is 4.99 Å². The number of fused-ring (bicyclic) bond motifs is 3. The van der Waals surface area contributed by atoms with Gasteiger partial charge in [0.05, 0.1) is 12.8 Å².